The Balaban J connectivity index is 2.37. The van der Waals surface area contributed by atoms with E-state index in [0.29, 0.717) is 0 Å². The molecule has 0 aliphatic rings. The van der Waals surface area contributed by atoms with E-state index in [1.54, 1.807) is 0 Å². The summed E-state index contributed by atoms with van der Waals surface area (Å²) in [5.74, 6) is 0. The average Bonchev–Trinajstić information content (AvgIpc) is 2.58. The van der Waals surface area contributed by atoms with Crippen LogP contribution in [-0.4, -0.2) is 5.71 Å². The SMILES string of the molecule is O=C([O-])[P+](c1ccccc1)(c1ccccc1)c1ccccc1. The molecule has 0 aromatic heterocycles. The first-order valence-electron chi connectivity index (χ1n) is 7.03. The lowest BCUT2D eigenvalue weighted by Crippen LogP contribution is -2.42. The highest BCUT2D eigenvalue weighted by molar-refractivity contribution is 8.07. The zero-order valence-electron chi connectivity index (χ0n) is 11.9. The number of carbonyl (C=O) groups excluding carboxylic acids is 1. The molecule has 3 rings (SSSR count). The molecule has 0 aliphatic carbocycles. The largest absolute Gasteiger partial charge is 0.513 e. The van der Waals surface area contributed by atoms with Crippen LogP contribution in [0, 0.1) is 0 Å². The summed E-state index contributed by atoms with van der Waals surface area (Å²) < 4.78 is 0. The van der Waals surface area contributed by atoms with E-state index in [-0.39, 0.29) is 0 Å². The molecule has 0 N–H and O–H groups in total. The summed E-state index contributed by atoms with van der Waals surface area (Å²) in [6.45, 7) is 0. The third-order valence-corrected chi connectivity index (χ3v) is 7.47. The van der Waals surface area contributed by atoms with Crippen molar-refractivity contribution in [2.45, 2.75) is 0 Å². The van der Waals surface area contributed by atoms with E-state index in [1.807, 2.05) is 91.0 Å². The maximum absolute atomic E-state index is 12.4. The predicted molar refractivity (Wildman–Crippen MR) is 90.5 cm³/mol. The van der Waals surface area contributed by atoms with Crippen molar-refractivity contribution >= 4 is 28.9 Å². The smallest absolute Gasteiger partial charge is 0.218 e. The average molecular weight is 306 g/mol. The predicted octanol–water partition coefficient (Wildman–Crippen LogP) is 2.32. The fraction of sp³-hybridized carbons (Fsp3) is 0. The summed E-state index contributed by atoms with van der Waals surface area (Å²) in [5, 5.41) is 14.8. The summed E-state index contributed by atoms with van der Waals surface area (Å²) in [6.07, 6.45) is 0. The van der Waals surface area contributed by atoms with Crippen LogP contribution >= 0.6 is 7.26 Å². The third kappa shape index (κ3) is 2.32. The number of benzene rings is 3. The van der Waals surface area contributed by atoms with Crippen molar-refractivity contribution in [2.75, 3.05) is 0 Å². The van der Waals surface area contributed by atoms with Gasteiger partial charge in [0.1, 0.15) is 15.9 Å². The zero-order chi connectivity index (χ0) is 15.4. The van der Waals surface area contributed by atoms with Gasteiger partial charge in [0, 0.05) is 0 Å². The van der Waals surface area contributed by atoms with Crippen molar-refractivity contribution in [1.82, 2.24) is 0 Å². The summed E-state index contributed by atoms with van der Waals surface area (Å²) in [6, 6.07) is 28.2. The molecule has 0 fully saturated rings. The maximum Gasteiger partial charge on any atom is 0.218 e. The highest BCUT2D eigenvalue weighted by atomic mass is 31.2. The van der Waals surface area contributed by atoms with E-state index >= 15 is 0 Å². The maximum atomic E-state index is 12.4. The lowest BCUT2D eigenvalue weighted by atomic mass is 10.4. The minimum absolute atomic E-state index is 0.799. The summed E-state index contributed by atoms with van der Waals surface area (Å²) in [4.78, 5) is 12.4. The number of hydrogen-bond acceptors (Lipinski definition) is 2. The highest BCUT2D eigenvalue weighted by Gasteiger charge is 2.47. The van der Waals surface area contributed by atoms with Gasteiger partial charge in [-0.3, -0.25) is 0 Å². The minimum atomic E-state index is -2.82. The Morgan fingerprint density at radius 3 is 1.09 bits per heavy atom. The Morgan fingerprint density at radius 2 is 0.864 bits per heavy atom. The lowest BCUT2D eigenvalue weighted by molar-refractivity contribution is -0.233. The van der Waals surface area contributed by atoms with Crippen molar-refractivity contribution in [2.24, 2.45) is 0 Å². The number of carboxylic acid groups (broad SMARTS) is 1. The molecule has 0 unspecified atom stereocenters. The monoisotopic (exact) mass is 306 g/mol. The molecule has 0 amide bonds. The molecule has 0 radical (unpaired) electrons. The molecule has 0 atom stereocenters. The van der Waals surface area contributed by atoms with Gasteiger partial charge in [-0.05, 0) is 36.4 Å². The van der Waals surface area contributed by atoms with Crippen LogP contribution < -0.4 is 21.0 Å². The number of rotatable bonds is 4. The van der Waals surface area contributed by atoms with Gasteiger partial charge >= 0.3 is 0 Å². The van der Waals surface area contributed by atoms with Crippen molar-refractivity contribution in [3.05, 3.63) is 91.0 Å². The second kappa shape index (κ2) is 6.13. The van der Waals surface area contributed by atoms with Crippen molar-refractivity contribution in [1.29, 1.82) is 0 Å². The summed E-state index contributed by atoms with van der Waals surface area (Å²) >= 11 is 0. The van der Waals surface area contributed by atoms with Gasteiger partial charge in [0.05, 0.1) is 0 Å². The Morgan fingerprint density at radius 1 is 0.591 bits per heavy atom. The molecule has 3 heteroatoms. The standard InChI is InChI=1S/C19H15O2P/c20-19(21)22(16-10-4-1-5-11-16,17-12-6-2-7-13-17)18-14-8-3-9-15-18/h1-15H. The topological polar surface area (TPSA) is 40.1 Å². The van der Waals surface area contributed by atoms with Crippen LogP contribution in [0.5, 0.6) is 0 Å². The van der Waals surface area contributed by atoms with Gasteiger partial charge in [-0.1, -0.05) is 54.6 Å². The molecule has 0 aliphatic heterocycles. The molecule has 0 saturated carbocycles. The summed E-state index contributed by atoms with van der Waals surface area (Å²) in [5.41, 5.74) is -1.02. The van der Waals surface area contributed by atoms with Gasteiger partial charge in [-0.2, -0.15) is 0 Å². The van der Waals surface area contributed by atoms with Crippen LogP contribution in [0.2, 0.25) is 0 Å². The highest BCUT2D eigenvalue weighted by Crippen LogP contribution is 2.54. The van der Waals surface area contributed by atoms with Crippen LogP contribution in [0.15, 0.2) is 91.0 Å². The van der Waals surface area contributed by atoms with E-state index in [9.17, 15) is 9.90 Å². The quantitative estimate of drug-likeness (QED) is 0.694. The molecule has 108 valence electrons. The Labute approximate surface area is 130 Å². The molecule has 0 saturated heterocycles. The minimum Gasteiger partial charge on any atom is -0.513 e. The van der Waals surface area contributed by atoms with Gasteiger partial charge in [-0.25, -0.2) is 0 Å². The van der Waals surface area contributed by atoms with Crippen molar-refractivity contribution < 1.29 is 9.90 Å². The fourth-order valence-electron chi connectivity index (χ4n) is 2.72. The second-order valence-electron chi connectivity index (χ2n) is 4.94. The van der Waals surface area contributed by atoms with Crippen LogP contribution in [0.25, 0.3) is 0 Å². The number of carbonyl (C=O) groups is 1. The zero-order valence-corrected chi connectivity index (χ0v) is 12.8. The number of hydrogen-bond donors (Lipinski definition) is 0. The summed E-state index contributed by atoms with van der Waals surface area (Å²) in [7, 11) is -2.82. The normalized spacial score (nSPS) is 11.1. The molecule has 0 spiro atoms. The van der Waals surface area contributed by atoms with Gasteiger partial charge in [0.2, 0.25) is 5.71 Å². The molecular weight excluding hydrogens is 291 g/mol. The first-order chi connectivity index (χ1) is 10.8. The van der Waals surface area contributed by atoms with E-state index < -0.39 is 13.0 Å². The van der Waals surface area contributed by atoms with Gasteiger partial charge in [-0.15, -0.1) is 0 Å². The second-order valence-corrected chi connectivity index (χ2v) is 8.20. The van der Waals surface area contributed by atoms with E-state index in [1.165, 1.54) is 0 Å². The van der Waals surface area contributed by atoms with Crippen LogP contribution in [0.4, 0.5) is 4.79 Å². The lowest BCUT2D eigenvalue weighted by Gasteiger charge is -2.27. The third-order valence-electron chi connectivity index (χ3n) is 3.70. The van der Waals surface area contributed by atoms with Gasteiger partial charge in [0.25, 0.3) is 0 Å². The molecule has 3 aromatic carbocycles. The molecule has 0 bridgehead atoms. The Hall–Kier alpha value is -2.44. The van der Waals surface area contributed by atoms with Crippen LogP contribution in [0.3, 0.4) is 0 Å². The molecule has 22 heavy (non-hydrogen) atoms. The van der Waals surface area contributed by atoms with Crippen molar-refractivity contribution in [3.8, 4) is 0 Å². The molecular formula is C19H15O2P. The van der Waals surface area contributed by atoms with E-state index in [2.05, 4.69) is 0 Å². The van der Waals surface area contributed by atoms with Crippen LogP contribution in [-0.2, 0) is 0 Å². The van der Waals surface area contributed by atoms with E-state index in [0.717, 1.165) is 15.9 Å². The van der Waals surface area contributed by atoms with E-state index in [4.69, 9.17) is 0 Å². The molecule has 0 heterocycles. The fourth-order valence-corrected chi connectivity index (χ4v) is 6.10. The Bertz CT molecular complexity index is 659. The van der Waals surface area contributed by atoms with Crippen LogP contribution in [0.1, 0.15) is 0 Å². The first-order valence-corrected chi connectivity index (χ1v) is 8.82. The van der Waals surface area contributed by atoms with Gasteiger partial charge < -0.3 is 9.90 Å². The Kier molecular flexibility index (Phi) is 4.04. The van der Waals surface area contributed by atoms with Crippen molar-refractivity contribution in [3.63, 3.8) is 0 Å². The van der Waals surface area contributed by atoms with Gasteiger partial charge in [0.15, 0.2) is 7.26 Å². The molecule has 3 aromatic rings. The first kappa shape index (κ1) is 14.5. The molecule has 2 nitrogen and oxygen atoms in total.